The Morgan fingerprint density at radius 3 is 2.35 bits per heavy atom. The summed E-state index contributed by atoms with van der Waals surface area (Å²) in [4.78, 5) is 1.35. The summed E-state index contributed by atoms with van der Waals surface area (Å²) in [6.45, 7) is 9.07. The molecule has 0 saturated carbocycles. The van der Waals surface area contributed by atoms with Gasteiger partial charge in [-0.15, -0.1) is 11.3 Å². The molecule has 1 aliphatic rings. The fraction of sp³-hybridized carbons (Fsp3) is 0.643. The van der Waals surface area contributed by atoms with Gasteiger partial charge in [-0.05, 0) is 30.2 Å². The molecule has 1 aromatic heterocycles. The maximum Gasteiger partial charge on any atom is 0.104 e. The minimum Gasteiger partial charge on any atom is -0.389 e. The number of anilines is 1. The van der Waals surface area contributed by atoms with E-state index in [4.69, 9.17) is 5.73 Å². The lowest BCUT2D eigenvalue weighted by atomic mass is 9.65. The molecule has 2 nitrogen and oxygen atoms in total. The highest BCUT2D eigenvalue weighted by Crippen LogP contribution is 2.54. The van der Waals surface area contributed by atoms with Crippen LogP contribution in [0.25, 0.3) is 0 Å². The van der Waals surface area contributed by atoms with Gasteiger partial charge < -0.3 is 5.73 Å². The molecule has 2 N–H and O–H groups in total. The van der Waals surface area contributed by atoms with Gasteiger partial charge in [-0.3, -0.25) is 0 Å². The first-order valence-corrected chi connectivity index (χ1v) is 7.08. The van der Waals surface area contributed by atoms with Gasteiger partial charge in [0.1, 0.15) is 11.1 Å². The smallest absolute Gasteiger partial charge is 0.104 e. The predicted octanol–water partition coefficient (Wildman–Crippen LogP) is 3.70. The average molecular weight is 248 g/mol. The van der Waals surface area contributed by atoms with Gasteiger partial charge in [0.15, 0.2) is 0 Å². The molecule has 17 heavy (non-hydrogen) atoms. The van der Waals surface area contributed by atoms with Crippen LogP contribution in [0.1, 0.15) is 50.1 Å². The van der Waals surface area contributed by atoms with Crippen LogP contribution in [-0.4, -0.2) is 0 Å². The van der Waals surface area contributed by atoms with Crippen molar-refractivity contribution in [3.05, 3.63) is 16.0 Å². The Bertz CT molecular complexity index is 469. The molecular weight excluding hydrogens is 228 g/mol. The van der Waals surface area contributed by atoms with Crippen LogP contribution in [0.3, 0.4) is 0 Å². The molecule has 0 aromatic carbocycles. The largest absolute Gasteiger partial charge is 0.389 e. The van der Waals surface area contributed by atoms with Gasteiger partial charge in [-0.25, -0.2) is 0 Å². The summed E-state index contributed by atoms with van der Waals surface area (Å²) in [6.07, 6.45) is 2.25. The molecule has 0 spiro atoms. The van der Waals surface area contributed by atoms with Gasteiger partial charge in [0.05, 0.1) is 5.56 Å². The summed E-state index contributed by atoms with van der Waals surface area (Å²) in [5, 5.41) is 10.1. The van der Waals surface area contributed by atoms with Crippen molar-refractivity contribution in [3.63, 3.8) is 0 Å². The third-order valence-corrected chi connectivity index (χ3v) is 5.49. The molecule has 0 radical (unpaired) electrons. The van der Waals surface area contributed by atoms with Crippen molar-refractivity contribution in [3.8, 4) is 6.07 Å². The zero-order valence-corrected chi connectivity index (χ0v) is 11.8. The number of hydrogen-bond donors (Lipinski definition) is 1. The number of nitrogen functional groups attached to an aromatic ring is 1. The van der Waals surface area contributed by atoms with Gasteiger partial charge >= 0.3 is 0 Å². The quantitative estimate of drug-likeness (QED) is 0.867. The van der Waals surface area contributed by atoms with Gasteiger partial charge in [0.25, 0.3) is 0 Å². The lowest BCUT2D eigenvalue weighted by Crippen LogP contribution is -2.36. The predicted molar refractivity (Wildman–Crippen MR) is 73.1 cm³/mol. The van der Waals surface area contributed by atoms with Crippen LogP contribution in [0.4, 0.5) is 5.00 Å². The summed E-state index contributed by atoms with van der Waals surface area (Å²) in [6, 6.07) is 2.33. The van der Waals surface area contributed by atoms with Crippen LogP contribution in [0.15, 0.2) is 0 Å². The molecule has 0 amide bonds. The second kappa shape index (κ2) is 4.03. The number of rotatable bonds is 2. The van der Waals surface area contributed by atoms with Gasteiger partial charge in [0, 0.05) is 10.3 Å². The SMILES string of the molecule is CC(C)C1(C(C)C)CCc2sc(N)c(C#N)c21. The highest BCUT2D eigenvalue weighted by molar-refractivity contribution is 7.16. The summed E-state index contributed by atoms with van der Waals surface area (Å²) >= 11 is 1.62. The van der Waals surface area contributed by atoms with Crippen LogP contribution < -0.4 is 5.73 Å². The lowest BCUT2D eigenvalue weighted by Gasteiger charge is -2.38. The molecule has 0 atom stereocenters. The van der Waals surface area contributed by atoms with E-state index in [1.165, 1.54) is 16.9 Å². The second-order valence-electron chi connectivity index (χ2n) is 5.60. The summed E-state index contributed by atoms with van der Waals surface area (Å²) in [5.41, 5.74) is 8.15. The van der Waals surface area contributed by atoms with E-state index in [9.17, 15) is 5.26 Å². The molecule has 0 aliphatic heterocycles. The minimum absolute atomic E-state index is 0.147. The second-order valence-corrected chi connectivity index (χ2v) is 6.74. The van der Waals surface area contributed by atoms with Crippen molar-refractivity contribution >= 4 is 16.3 Å². The molecule has 0 unspecified atom stereocenters. The first-order chi connectivity index (χ1) is 7.95. The maximum atomic E-state index is 9.34. The monoisotopic (exact) mass is 248 g/mol. The third kappa shape index (κ3) is 1.51. The van der Waals surface area contributed by atoms with E-state index in [0.717, 1.165) is 12.0 Å². The first kappa shape index (κ1) is 12.4. The zero-order valence-electron chi connectivity index (χ0n) is 11.0. The van der Waals surface area contributed by atoms with Crippen molar-refractivity contribution in [1.29, 1.82) is 5.26 Å². The number of nitriles is 1. The van der Waals surface area contributed by atoms with Crippen LogP contribution in [0.2, 0.25) is 0 Å². The highest BCUT2D eigenvalue weighted by Gasteiger charge is 2.47. The van der Waals surface area contributed by atoms with E-state index in [2.05, 4.69) is 33.8 Å². The molecule has 3 heteroatoms. The zero-order chi connectivity index (χ0) is 12.8. The number of hydrogen-bond acceptors (Lipinski definition) is 3. The number of nitrogens with zero attached hydrogens (tertiary/aromatic N) is 1. The molecular formula is C14H20N2S. The van der Waals surface area contributed by atoms with Gasteiger partial charge in [0.2, 0.25) is 0 Å². The standard InChI is InChI=1S/C14H20N2S/c1-8(2)14(9(3)4)6-5-11-12(14)10(7-15)13(16)17-11/h8-9H,5-6,16H2,1-4H3. The van der Waals surface area contributed by atoms with Crippen molar-refractivity contribution in [1.82, 2.24) is 0 Å². The number of nitrogens with two attached hydrogens (primary N) is 1. The molecule has 1 heterocycles. The van der Waals surface area contributed by atoms with Crippen molar-refractivity contribution in [2.45, 2.75) is 46.0 Å². The molecule has 0 saturated heterocycles. The van der Waals surface area contributed by atoms with E-state index in [1.807, 2.05) is 0 Å². The Balaban J connectivity index is 2.69. The topological polar surface area (TPSA) is 49.8 Å². The van der Waals surface area contributed by atoms with Gasteiger partial charge in [-0.1, -0.05) is 27.7 Å². The van der Waals surface area contributed by atoms with Crippen LogP contribution in [-0.2, 0) is 11.8 Å². The Labute approximate surface area is 107 Å². The molecule has 2 rings (SSSR count). The van der Waals surface area contributed by atoms with E-state index < -0.39 is 0 Å². The molecule has 1 aliphatic carbocycles. The van der Waals surface area contributed by atoms with Crippen LogP contribution >= 0.6 is 11.3 Å². The lowest BCUT2D eigenvalue weighted by molar-refractivity contribution is 0.218. The van der Waals surface area contributed by atoms with Gasteiger partial charge in [-0.2, -0.15) is 5.26 Å². The minimum atomic E-state index is 0.147. The Morgan fingerprint density at radius 1 is 1.29 bits per heavy atom. The molecule has 1 aromatic rings. The molecule has 92 valence electrons. The Morgan fingerprint density at radius 2 is 1.88 bits per heavy atom. The number of fused-ring (bicyclic) bond motifs is 1. The molecule has 0 fully saturated rings. The Kier molecular flexibility index (Phi) is 2.95. The maximum absolute atomic E-state index is 9.34. The van der Waals surface area contributed by atoms with Crippen molar-refractivity contribution < 1.29 is 0 Å². The average Bonchev–Trinajstić information content (AvgIpc) is 2.73. The normalized spacial score (nSPS) is 17.5. The fourth-order valence-electron chi connectivity index (χ4n) is 3.54. The van der Waals surface area contributed by atoms with Crippen LogP contribution in [0, 0.1) is 23.2 Å². The van der Waals surface area contributed by atoms with Crippen molar-refractivity contribution in [2.24, 2.45) is 11.8 Å². The van der Waals surface area contributed by atoms with E-state index in [-0.39, 0.29) is 5.41 Å². The number of aryl methyl sites for hydroxylation is 1. The Hall–Kier alpha value is -1.01. The summed E-state index contributed by atoms with van der Waals surface area (Å²) < 4.78 is 0. The van der Waals surface area contributed by atoms with Crippen LogP contribution in [0.5, 0.6) is 0 Å². The molecule has 0 bridgehead atoms. The first-order valence-electron chi connectivity index (χ1n) is 6.26. The highest BCUT2D eigenvalue weighted by atomic mass is 32.1. The summed E-state index contributed by atoms with van der Waals surface area (Å²) in [5.74, 6) is 1.09. The van der Waals surface area contributed by atoms with E-state index in [0.29, 0.717) is 16.8 Å². The number of thiophene rings is 1. The van der Waals surface area contributed by atoms with Crippen molar-refractivity contribution in [2.75, 3.05) is 5.73 Å². The summed E-state index contributed by atoms with van der Waals surface area (Å²) in [7, 11) is 0. The fourth-order valence-corrected chi connectivity index (χ4v) is 4.66. The van der Waals surface area contributed by atoms with E-state index in [1.54, 1.807) is 11.3 Å². The third-order valence-electron chi connectivity index (χ3n) is 4.41. The van der Waals surface area contributed by atoms with E-state index >= 15 is 0 Å².